The van der Waals surface area contributed by atoms with E-state index in [1.807, 2.05) is 49.4 Å². The van der Waals surface area contributed by atoms with E-state index in [2.05, 4.69) is 4.57 Å². The van der Waals surface area contributed by atoms with E-state index in [1.165, 1.54) is 7.11 Å². The predicted octanol–water partition coefficient (Wildman–Crippen LogP) is 4.37. The first-order chi connectivity index (χ1) is 13.9. The van der Waals surface area contributed by atoms with E-state index in [4.69, 9.17) is 22.1 Å². The molecule has 5 nitrogen and oxygen atoms in total. The number of hydrogen-bond donors (Lipinski definition) is 1. The van der Waals surface area contributed by atoms with Crippen LogP contribution in [0, 0.1) is 6.92 Å². The molecule has 3 rings (SSSR count). The number of benzene rings is 2. The molecule has 0 aliphatic heterocycles. The van der Waals surface area contributed by atoms with Gasteiger partial charge in [0.05, 0.1) is 19.1 Å². The lowest BCUT2D eigenvalue weighted by Gasteiger charge is -2.13. The quantitative estimate of drug-likeness (QED) is 0.587. The number of nitrogens with two attached hydrogens (primary N) is 1. The van der Waals surface area contributed by atoms with Crippen molar-refractivity contribution in [3.05, 3.63) is 82.1 Å². The summed E-state index contributed by atoms with van der Waals surface area (Å²) in [5.74, 6) is -0.809. The molecule has 29 heavy (non-hydrogen) atoms. The van der Waals surface area contributed by atoms with Gasteiger partial charge in [0.2, 0.25) is 0 Å². The molecule has 2 aromatic carbocycles. The molecular weight excluding hydrogens is 388 g/mol. The van der Waals surface area contributed by atoms with Crippen LogP contribution in [0.2, 0.25) is 5.02 Å². The summed E-state index contributed by atoms with van der Waals surface area (Å²) in [4.78, 5) is 24.2. The molecule has 0 saturated carbocycles. The highest BCUT2D eigenvalue weighted by Crippen LogP contribution is 2.35. The normalized spacial score (nSPS) is 10.7. The molecular formula is C23H23ClN2O3. The third-order valence-corrected chi connectivity index (χ3v) is 5.24. The van der Waals surface area contributed by atoms with E-state index in [9.17, 15) is 9.59 Å². The maximum absolute atomic E-state index is 12.4. The SMILES string of the molecule is COC(=O)CCc1c(-c2ccc(Cl)cc2)c(C(N)=O)c(C)n1Cc1ccccc1. The van der Waals surface area contributed by atoms with Gasteiger partial charge in [-0.1, -0.05) is 54.1 Å². The second-order valence-electron chi connectivity index (χ2n) is 6.80. The summed E-state index contributed by atoms with van der Waals surface area (Å²) in [7, 11) is 1.37. The molecule has 0 radical (unpaired) electrons. The van der Waals surface area contributed by atoms with Gasteiger partial charge in [0.25, 0.3) is 5.91 Å². The molecule has 2 N–H and O–H groups in total. The number of amides is 1. The fraction of sp³-hybridized carbons (Fsp3) is 0.217. The van der Waals surface area contributed by atoms with Crippen LogP contribution in [-0.4, -0.2) is 23.6 Å². The zero-order valence-corrected chi connectivity index (χ0v) is 17.2. The lowest BCUT2D eigenvalue weighted by molar-refractivity contribution is -0.140. The van der Waals surface area contributed by atoms with Crippen molar-refractivity contribution in [1.29, 1.82) is 0 Å². The molecule has 1 aromatic heterocycles. The van der Waals surface area contributed by atoms with Gasteiger partial charge in [-0.2, -0.15) is 0 Å². The van der Waals surface area contributed by atoms with E-state index in [-0.39, 0.29) is 12.4 Å². The smallest absolute Gasteiger partial charge is 0.305 e. The van der Waals surface area contributed by atoms with Crippen LogP contribution < -0.4 is 5.73 Å². The van der Waals surface area contributed by atoms with E-state index in [1.54, 1.807) is 12.1 Å². The monoisotopic (exact) mass is 410 g/mol. The number of aromatic nitrogens is 1. The molecule has 0 saturated heterocycles. The zero-order chi connectivity index (χ0) is 21.0. The average molecular weight is 411 g/mol. The summed E-state index contributed by atoms with van der Waals surface area (Å²) in [5, 5.41) is 0.603. The highest BCUT2D eigenvalue weighted by Gasteiger charge is 2.25. The van der Waals surface area contributed by atoms with Crippen LogP contribution in [0.5, 0.6) is 0 Å². The molecule has 0 atom stereocenters. The number of halogens is 1. The number of hydrogen-bond acceptors (Lipinski definition) is 3. The van der Waals surface area contributed by atoms with Crippen molar-refractivity contribution in [3.63, 3.8) is 0 Å². The summed E-state index contributed by atoms with van der Waals surface area (Å²) < 4.78 is 6.88. The van der Waals surface area contributed by atoms with Crippen molar-refractivity contribution in [2.45, 2.75) is 26.3 Å². The Morgan fingerprint density at radius 1 is 1.07 bits per heavy atom. The number of carbonyl (C=O) groups is 2. The second kappa shape index (κ2) is 8.97. The van der Waals surface area contributed by atoms with Crippen LogP contribution in [0.1, 0.15) is 33.7 Å². The van der Waals surface area contributed by atoms with Gasteiger partial charge in [0.15, 0.2) is 0 Å². The second-order valence-corrected chi connectivity index (χ2v) is 7.24. The topological polar surface area (TPSA) is 74.3 Å². The molecule has 0 spiro atoms. The van der Waals surface area contributed by atoms with E-state index < -0.39 is 5.91 Å². The molecule has 3 aromatic rings. The number of rotatable bonds is 7. The first-order valence-electron chi connectivity index (χ1n) is 9.30. The summed E-state index contributed by atoms with van der Waals surface area (Å²) >= 11 is 6.05. The largest absolute Gasteiger partial charge is 0.469 e. The molecule has 1 amide bonds. The molecule has 150 valence electrons. The number of ether oxygens (including phenoxy) is 1. The Labute approximate surface area is 175 Å². The minimum Gasteiger partial charge on any atom is -0.469 e. The van der Waals surface area contributed by atoms with Crippen molar-refractivity contribution < 1.29 is 14.3 Å². The Bertz CT molecular complexity index is 1020. The van der Waals surface area contributed by atoms with Crippen molar-refractivity contribution in [2.24, 2.45) is 5.73 Å². The number of nitrogens with zero attached hydrogens (tertiary/aromatic N) is 1. The lowest BCUT2D eigenvalue weighted by Crippen LogP contribution is -2.13. The molecule has 0 aliphatic rings. The molecule has 1 heterocycles. The minimum atomic E-state index is -0.501. The number of methoxy groups -OCH3 is 1. The Kier molecular flexibility index (Phi) is 6.39. The third kappa shape index (κ3) is 4.51. The minimum absolute atomic E-state index is 0.202. The fourth-order valence-corrected chi connectivity index (χ4v) is 3.72. The standard InChI is InChI=1S/C23H23ClN2O3/c1-15-21(23(25)28)22(17-8-10-18(24)11-9-17)19(12-13-20(27)29-2)26(15)14-16-6-4-3-5-7-16/h3-11H,12-14H2,1-2H3,(H2,25,28). The van der Waals surface area contributed by atoms with Gasteiger partial charge in [0.1, 0.15) is 0 Å². The molecule has 0 bridgehead atoms. The van der Waals surface area contributed by atoms with E-state index >= 15 is 0 Å². The highest BCUT2D eigenvalue weighted by atomic mass is 35.5. The highest BCUT2D eigenvalue weighted by molar-refractivity contribution is 6.30. The summed E-state index contributed by atoms with van der Waals surface area (Å²) in [5.41, 5.74) is 10.5. The van der Waals surface area contributed by atoms with Crippen LogP contribution in [0.3, 0.4) is 0 Å². The Morgan fingerprint density at radius 2 is 1.72 bits per heavy atom. The van der Waals surface area contributed by atoms with Gasteiger partial charge in [-0.15, -0.1) is 0 Å². The maximum atomic E-state index is 12.4. The lowest BCUT2D eigenvalue weighted by atomic mass is 9.98. The van der Waals surface area contributed by atoms with Crippen LogP contribution in [0.15, 0.2) is 54.6 Å². The van der Waals surface area contributed by atoms with Crippen LogP contribution >= 0.6 is 11.6 Å². The summed E-state index contributed by atoms with van der Waals surface area (Å²) in [6.45, 7) is 2.45. The Balaban J connectivity index is 2.20. The van der Waals surface area contributed by atoms with Crippen molar-refractivity contribution >= 4 is 23.5 Å². The predicted molar refractivity (Wildman–Crippen MR) is 114 cm³/mol. The summed E-state index contributed by atoms with van der Waals surface area (Å²) in [6.07, 6.45) is 0.624. The Hall–Kier alpha value is -3.05. The van der Waals surface area contributed by atoms with Gasteiger partial charge >= 0.3 is 5.97 Å². The molecule has 0 aliphatic carbocycles. The van der Waals surface area contributed by atoms with Gasteiger partial charge in [-0.05, 0) is 36.6 Å². The zero-order valence-electron chi connectivity index (χ0n) is 16.4. The molecule has 0 fully saturated rings. The van der Waals surface area contributed by atoms with Crippen molar-refractivity contribution in [3.8, 4) is 11.1 Å². The van der Waals surface area contributed by atoms with Gasteiger partial charge < -0.3 is 15.0 Å². The third-order valence-electron chi connectivity index (χ3n) is 4.99. The van der Waals surface area contributed by atoms with Crippen LogP contribution in [0.4, 0.5) is 0 Å². The number of primary amides is 1. The van der Waals surface area contributed by atoms with E-state index in [0.717, 1.165) is 28.1 Å². The van der Waals surface area contributed by atoms with Crippen LogP contribution in [-0.2, 0) is 22.5 Å². The molecule has 0 unspecified atom stereocenters. The number of esters is 1. The van der Waals surface area contributed by atoms with Gasteiger partial charge in [-0.25, -0.2) is 0 Å². The first kappa shape index (κ1) is 20.7. The van der Waals surface area contributed by atoms with E-state index in [0.29, 0.717) is 23.6 Å². The van der Waals surface area contributed by atoms with Crippen molar-refractivity contribution in [2.75, 3.05) is 7.11 Å². The van der Waals surface area contributed by atoms with Gasteiger partial charge in [-0.3, -0.25) is 9.59 Å². The first-order valence-corrected chi connectivity index (χ1v) is 9.68. The van der Waals surface area contributed by atoms with Gasteiger partial charge in [0, 0.05) is 28.5 Å². The van der Waals surface area contributed by atoms with Crippen molar-refractivity contribution in [1.82, 2.24) is 4.57 Å². The van der Waals surface area contributed by atoms with Crippen LogP contribution in [0.25, 0.3) is 11.1 Å². The molecule has 6 heteroatoms. The Morgan fingerprint density at radius 3 is 2.31 bits per heavy atom. The maximum Gasteiger partial charge on any atom is 0.305 e. The fourth-order valence-electron chi connectivity index (χ4n) is 3.59. The number of carbonyl (C=O) groups excluding carboxylic acids is 2. The average Bonchev–Trinajstić information content (AvgIpc) is 2.99. The summed E-state index contributed by atoms with van der Waals surface area (Å²) in [6, 6.07) is 17.2.